The van der Waals surface area contributed by atoms with Gasteiger partial charge in [-0.25, -0.2) is 0 Å². The van der Waals surface area contributed by atoms with E-state index in [0.29, 0.717) is 12.3 Å². The van der Waals surface area contributed by atoms with E-state index in [1.807, 2.05) is 11.6 Å². The average Bonchev–Trinajstić information content (AvgIpc) is 2.80. The Morgan fingerprint density at radius 2 is 1.96 bits per heavy atom. The van der Waals surface area contributed by atoms with E-state index < -0.39 is 0 Å². The van der Waals surface area contributed by atoms with E-state index in [4.69, 9.17) is 0 Å². The molecule has 1 saturated heterocycles. The predicted molar refractivity (Wildman–Crippen MR) is 99.7 cm³/mol. The first kappa shape index (κ1) is 17.7. The minimum absolute atomic E-state index is 0.136. The van der Waals surface area contributed by atoms with E-state index in [0.717, 1.165) is 44.0 Å². The molecule has 134 valence electrons. The summed E-state index contributed by atoms with van der Waals surface area (Å²) in [5, 5.41) is 10.9. The monoisotopic (exact) mass is 340 g/mol. The Bertz CT molecular complexity index is 729. The summed E-state index contributed by atoms with van der Waals surface area (Å²) < 4.78 is 2.05. The molecule has 1 amide bonds. The molecule has 2 N–H and O–H groups in total. The van der Waals surface area contributed by atoms with E-state index >= 15 is 0 Å². The summed E-state index contributed by atoms with van der Waals surface area (Å²) in [6.45, 7) is 9.82. The highest BCUT2D eigenvalue weighted by atomic mass is 16.1. The van der Waals surface area contributed by atoms with E-state index in [1.54, 1.807) is 0 Å². The highest BCUT2D eigenvalue weighted by Gasteiger charge is 2.18. The molecule has 2 aromatic rings. The molecule has 1 aliphatic rings. The molecule has 3 rings (SSSR count). The number of benzene rings is 1. The van der Waals surface area contributed by atoms with Crippen LogP contribution >= 0.6 is 0 Å². The SMILES string of the molecule is Cc1ccc(Cn2nc(C)c(CCC(=O)NCC3CNC3)c2C)cc1. The minimum atomic E-state index is 0.136. The third kappa shape index (κ3) is 4.48. The van der Waals surface area contributed by atoms with Crippen LogP contribution < -0.4 is 10.6 Å². The van der Waals surface area contributed by atoms with Gasteiger partial charge in [-0.05, 0) is 38.3 Å². The summed E-state index contributed by atoms with van der Waals surface area (Å²) in [5.74, 6) is 0.738. The van der Waals surface area contributed by atoms with E-state index in [9.17, 15) is 4.79 Å². The molecule has 0 saturated carbocycles. The lowest BCUT2D eigenvalue weighted by Gasteiger charge is -2.27. The Morgan fingerprint density at radius 3 is 2.60 bits per heavy atom. The van der Waals surface area contributed by atoms with Crippen molar-refractivity contribution in [1.82, 2.24) is 20.4 Å². The molecule has 1 aliphatic heterocycles. The van der Waals surface area contributed by atoms with Crippen LogP contribution in [-0.2, 0) is 17.8 Å². The number of aryl methyl sites for hydroxylation is 2. The van der Waals surface area contributed by atoms with Crippen LogP contribution in [0.5, 0.6) is 0 Å². The molecule has 0 unspecified atom stereocenters. The van der Waals surface area contributed by atoms with Gasteiger partial charge in [0.25, 0.3) is 0 Å². The molecule has 0 aliphatic carbocycles. The van der Waals surface area contributed by atoms with Gasteiger partial charge in [-0.15, -0.1) is 0 Å². The number of aromatic nitrogens is 2. The third-order valence-electron chi connectivity index (χ3n) is 5.04. The van der Waals surface area contributed by atoms with Gasteiger partial charge in [-0.3, -0.25) is 9.48 Å². The van der Waals surface area contributed by atoms with Crippen molar-refractivity contribution in [1.29, 1.82) is 0 Å². The standard InChI is InChI=1S/C20H28N4O/c1-14-4-6-17(7-5-14)13-24-16(3)19(15(2)23-24)8-9-20(25)22-12-18-10-21-11-18/h4-7,18,21H,8-13H2,1-3H3,(H,22,25). The number of hydrogen-bond donors (Lipinski definition) is 2. The summed E-state index contributed by atoms with van der Waals surface area (Å²) in [5.41, 5.74) is 5.90. The molecule has 2 heterocycles. The van der Waals surface area contributed by atoms with Crippen molar-refractivity contribution in [2.24, 2.45) is 5.92 Å². The maximum Gasteiger partial charge on any atom is 0.220 e. The smallest absolute Gasteiger partial charge is 0.220 e. The Balaban J connectivity index is 1.57. The number of amides is 1. The number of rotatable bonds is 7. The fourth-order valence-corrected chi connectivity index (χ4v) is 3.19. The zero-order chi connectivity index (χ0) is 17.8. The number of nitrogens with zero attached hydrogens (tertiary/aromatic N) is 2. The summed E-state index contributed by atoms with van der Waals surface area (Å²) >= 11 is 0. The van der Waals surface area contributed by atoms with Gasteiger partial charge in [0, 0.05) is 37.7 Å². The second-order valence-corrected chi connectivity index (χ2v) is 7.12. The van der Waals surface area contributed by atoms with Crippen LogP contribution in [0.15, 0.2) is 24.3 Å². The zero-order valence-electron chi connectivity index (χ0n) is 15.4. The van der Waals surface area contributed by atoms with E-state index in [-0.39, 0.29) is 5.91 Å². The van der Waals surface area contributed by atoms with Crippen molar-refractivity contribution in [2.45, 2.75) is 40.2 Å². The lowest BCUT2D eigenvalue weighted by Crippen LogP contribution is -2.48. The molecule has 0 atom stereocenters. The molecule has 5 nitrogen and oxygen atoms in total. The molecule has 5 heteroatoms. The fourth-order valence-electron chi connectivity index (χ4n) is 3.19. The first-order valence-corrected chi connectivity index (χ1v) is 9.08. The largest absolute Gasteiger partial charge is 0.356 e. The number of carbonyl (C=O) groups excluding carboxylic acids is 1. The lowest BCUT2D eigenvalue weighted by molar-refractivity contribution is -0.121. The summed E-state index contributed by atoms with van der Waals surface area (Å²) in [6, 6.07) is 8.55. The molecule has 0 radical (unpaired) electrons. The highest BCUT2D eigenvalue weighted by Crippen LogP contribution is 2.17. The average molecular weight is 340 g/mol. The van der Waals surface area contributed by atoms with Crippen molar-refractivity contribution in [2.75, 3.05) is 19.6 Å². The number of carbonyl (C=O) groups is 1. The number of hydrogen-bond acceptors (Lipinski definition) is 3. The topological polar surface area (TPSA) is 59.0 Å². The first-order valence-electron chi connectivity index (χ1n) is 9.08. The van der Waals surface area contributed by atoms with Gasteiger partial charge in [0.2, 0.25) is 5.91 Å². The molecule has 1 aromatic carbocycles. The second kappa shape index (κ2) is 7.83. The summed E-state index contributed by atoms with van der Waals surface area (Å²) in [6.07, 6.45) is 1.28. The van der Waals surface area contributed by atoms with Gasteiger partial charge in [-0.2, -0.15) is 5.10 Å². The van der Waals surface area contributed by atoms with Crippen molar-refractivity contribution < 1.29 is 4.79 Å². The van der Waals surface area contributed by atoms with E-state index in [1.165, 1.54) is 16.7 Å². The van der Waals surface area contributed by atoms with Crippen LogP contribution in [0, 0.1) is 26.7 Å². The van der Waals surface area contributed by atoms with Crippen LogP contribution in [0.4, 0.5) is 0 Å². The van der Waals surface area contributed by atoms with Gasteiger partial charge < -0.3 is 10.6 Å². The second-order valence-electron chi connectivity index (χ2n) is 7.12. The van der Waals surface area contributed by atoms with Crippen molar-refractivity contribution >= 4 is 5.91 Å². The van der Waals surface area contributed by atoms with E-state index in [2.05, 4.69) is 53.8 Å². The van der Waals surface area contributed by atoms with Crippen LogP contribution in [0.1, 0.15) is 34.5 Å². The van der Waals surface area contributed by atoms with Crippen LogP contribution in [0.25, 0.3) is 0 Å². The minimum Gasteiger partial charge on any atom is -0.356 e. The molecule has 1 aromatic heterocycles. The summed E-state index contributed by atoms with van der Waals surface area (Å²) in [4.78, 5) is 12.1. The molecule has 0 spiro atoms. The maximum absolute atomic E-state index is 12.1. The Hall–Kier alpha value is -2.14. The van der Waals surface area contributed by atoms with Crippen LogP contribution in [-0.4, -0.2) is 35.3 Å². The van der Waals surface area contributed by atoms with Crippen molar-refractivity contribution in [3.05, 3.63) is 52.3 Å². The predicted octanol–water partition coefficient (Wildman–Crippen LogP) is 2.12. The first-order chi connectivity index (χ1) is 12.0. The molecule has 1 fully saturated rings. The van der Waals surface area contributed by atoms with Gasteiger partial charge in [0.05, 0.1) is 12.2 Å². The Morgan fingerprint density at radius 1 is 1.24 bits per heavy atom. The normalized spacial score (nSPS) is 14.4. The Labute approximate surface area is 149 Å². The summed E-state index contributed by atoms with van der Waals surface area (Å²) in [7, 11) is 0. The van der Waals surface area contributed by atoms with Crippen molar-refractivity contribution in [3.63, 3.8) is 0 Å². The maximum atomic E-state index is 12.1. The van der Waals surface area contributed by atoms with Gasteiger partial charge in [-0.1, -0.05) is 29.8 Å². The molecular weight excluding hydrogens is 312 g/mol. The number of nitrogens with one attached hydrogen (secondary N) is 2. The quantitative estimate of drug-likeness (QED) is 0.812. The van der Waals surface area contributed by atoms with Gasteiger partial charge in [0.1, 0.15) is 0 Å². The third-order valence-corrected chi connectivity index (χ3v) is 5.04. The lowest BCUT2D eigenvalue weighted by atomic mass is 10.0. The van der Waals surface area contributed by atoms with Crippen LogP contribution in [0.2, 0.25) is 0 Å². The molecule has 0 bridgehead atoms. The molecular formula is C20H28N4O. The van der Waals surface area contributed by atoms with Gasteiger partial charge in [0.15, 0.2) is 0 Å². The zero-order valence-corrected chi connectivity index (χ0v) is 15.4. The van der Waals surface area contributed by atoms with Crippen molar-refractivity contribution in [3.8, 4) is 0 Å². The fraction of sp³-hybridized carbons (Fsp3) is 0.500. The molecule has 25 heavy (non-hydrogen) atoms. The highest BCUT2D eigenvalue weighted by molar-refractivity contribution is 5.76. The Kier molecular flexibility index (Phi) is 5.53. The van der Waals surface area contributed by atoms with Gasteiger partial charge >= 0.3 is 0 Å². The van der Waals surface area contributed by atoms with Crippen LogP contribution in [0.3, 0.4) is 0 Å².